The van der Waals surface area contributed by atoms with Gasteiger partial charge >= 0.3 is 0 Å². The Morgan fingerprint density at radius 3 is 2.18 bits per heavy atom. The van der Waals surface area contributed by atoms with Gasteiger partial charge in [0, 0.05) is 11.3 Å². The van der Waals surface area contributed by atoms with Crippen molar-refractivity contribution in [2.75, 3.05) is 6.26 Å². The first kappa shape index (κ1) is 14.8. The lowest BCUT2D eigenvalue weighted by atomic mass is 10.0. The van der Waals surface area contributed by atoms with Crippen LogP contribution in [0.4, 0.5) is 0 Å². The highest BCUT2D eigenvalue weighted by atomic mass is 35.5. The van der Waals surface area contributed by atoms with Crippen molar-refractivity contribution in [3.63, 3.8) is 0 Å². The molecule has 0 aliphatic heterocycles. The third-order valence-corrected chi connectivity index (χ3v) is 6.00. The van der Waals surface area contributed by atoms with Crippen molar-refractivity contribution in [1.82, 2.24) is 0 Å². The fourth-order valence-corrected chi connectivity index (χ4v) is 2.87. The van der Waals surface area contributed by atoms with Gasteiger partial charge in [-0.2, -0.15) is 0 Å². The fourth-order valence-electron chi connectivity index (χ4n) is 1.55. The van der Waals surface area contributed by atoms with Gasteiger partial charge in [0.2, 0.25) is 0 Å². The van der Waals surface area contributed by atoms with Gasteiger partial charge in [-0.25, -0.2) is 8.42 Å². The van der Waals surface area contributed by atoms with Crippen molar-refractivity contribution >= 4 is 33.0 Å². The number of alkyl halides is 1. The van der Waals surface area contributed by atoms with E-state index in [1.54, 1.807) is 31.2 Å². The normalized spacial score (nSPS) is 17.5. The zero-order chi connectivity index (χ0) is 13.3. The van der Waals surface area contributed by atoms with Gasteiger partial charge in [0.05, 0.1) is 0 Å². The van der Waals surface area contributed by atoms with Crippen molar-refractivity contribution in [2.24, 2.45) is 0 Å². The molecule has 0 heterocycles. The molecule has 0 saturated heterocycles. The Labute approximate surface area is 111 Å². The van der Waals surface area contributed by atoms with E-state index in [1.165, 1.54) is 0 Å². The highest BCUT2D eigenvalue weighted by Gasteiger charge is 2.44. The molecule has 1 aromatic carbocycles. The molecule has 0 aliphatic rings. The van der Waals surface area contributed by atoms with Gasteiger partial charge < -0.3 is 5.11 Å². The summed E-state index contributed by atoms with van der Waals surface area (Å²) in [6.45, 7) is 1.62. The summed E-state index contributed by atoms with van der Waals surface area (Å²) in [4.78, 5) is 0. The van der Waals surface area contributed by atoms with Crippen LogP contribution in [0.3, 0.4) is 0 Å². The number of hydrogen-bond acceptors (Lipinski definition) is 3. The van der Waals surface area contributed by atoms with E-state index in [4.69, 9.17) is 23.2 Å². The summed E-state index contributed by atoms with van der Waals surface area (Å²) in [6.07, 6.45) is -0.166. The maximum Gasteiger partial charge on any atom is 0.174 e. The van der Waals surface area contributed by atoms with E-state index in [2.05, 4.69) is 0 Å². The van der Waals surface area contributed by atoms with Crippen LogP contribution in [-0.2, 0) is 9.84 Å². The summed E-state index contributed by atoms with van der Waals surface area (Å²) < 4.78 is 21.6. The summed E-state index contributed by atoms with van der Waals surface area (Å²) in [5.74, 6) is 0. The molecule has 0 spiro atoms. The lowest BCUT2D eigenvalue weighted by molar-refractivity contribution is 0.155. The molecule has 0 fully saturated rings. The summed E-state index contributed by atoms with van der Waals surface area (Å²) in [6, 6.07) is 6.28. The van der Waals surface area contributed by atoms with E-state index in [9.17, 15) is 13.5 Å². The molecule has 0 aliphatic carbocycles. The van der Waals surface area contributed by atoms with Crippen LogP contribution >= 0.6 is 23.2 Å². The van der Waals surface area contributed by atoms with E-state index in [0.717, 1.165) is 6.26 Å². The van der Waals surface area contributed by atoms with Gasteiger partial charge in [-0.15, -0.1) is 0 Å². The SMILES string of the molecule is CC[C@@](Cl)([C@@H](O)c1ccc(Cl)cc1)S(C)(=O)=O. The molecule has 1 N–H and O–H groups in total. The molecular weight excluding hydrogens is 283 g/mol. The van der Waals surface area contributed by atoms with Gasteiger partial charge in [0.15, 0.2) is 14.0 Å². The molecule has 1 rings (SSSR count). The van der Waals surface area contributed by atoms with E-state index >= 15 is 0 Å². The average molecular weight is 297 g/mol. The molecule has 3 nitrogen and oxygen atoms in total. The van der Waals surface area contributed by atoms with Crippen LogP contribution in [0.25, 0.3) is 0 Å². The Bertz CT molecular complexity index is 484. The molecule has 0 aromatic heterocycles. The fraction of sp³-hybridized carbons (Fsp3) is 0.455. The smallest absolute Gasteiger partial charge is 0.174 e. The third-order valence-electron chi connectivity index (χ3n) is 2.69. The van der Waals surface area contributed by atoms with Crippen molar-refractivity contribution in [3.8, 4) is 0 Å². The molecule has 0 saturated carbocycles. The maximum atomic E-state index is 11.6. The quantitative estimate of drug-likeness (QED) is 0.869. The molecule has 0 unspecified atom stereocenters. The van der Waals surface area contributed by atoms with Gasteiger partial charge in [0.1, 0.15) is 6.10 Å². The first-order valence-corrected chi connectivity index (χ1v) is 7.69. The largest absolute Gasteiger partial charge is 0.385 e. The molecule has 0 amide bonds. The van der Waals surface area contributed by atoms with Crippen LogP contribution in [0.15, 0.2) is 24.3 Å². The van der Waals surface area contributed by atoms with Crippen LogP contribution in [0.1, 0.15) is 25.0 Å². The lowest BCUT2D eigenvalue weighted by Crippen LogP contribution is -2.37. The molecule has 0 radical (unpaired) electrons. The number of benzene rings is 1. The number of aliphatic hydroxyl groups is 1. The highest BCUT2D eigenvalue weighted by Crippen LogP contribution is 2.39. The van der Waals surface area contributed by atoms with E-state index in [1.807, 2.05) is 0 Å². The van der Waals surface area contributed by atoms with Gasteiger partial charge in [-0.3, -0.25) is 0 Å². The van der Waals surface area contributed by atoms with Gasteiger partial charge in [-0.05, 0) is 24.1 Å². The van der Waals surface area contributed by atoms with Crippen LogP contribution in [0.2, 0.25) is 5.02 Å². The Morgan fingerprint density at radius 1 is 1.35 bits per heavy atom. The predicted molar refractivity (Wildman–Crippen MR) is 70.1 cm³/mol. The molecule has 0 bridgehead atoms. The lowest BCUT2D eigenvalue weighted by Gasteiger charge is -2.29. The first-order valence-electron chi connectivity index (χ1n) is 5.04. The van der Waals surface area contributed by atoms with Crippen molar-refractivity contribution in [1.29, 1.82) is 0 Å². The average Bonchev–Trinajstić information content (AvgIpc) is 2.26. The van der Waals surface area contributed by atoms with Crippen molar-refractivity contribution in [2.45, 2.75) is 23.7 Å². The van der Waals surface area contributed by atoms with Gasteiger partial charge in [-0.1, -0.05) is 42.3 Å². The molecule has 6 heteroatoms. The summed E-state index contributed by atoms with van der Waals surface area (Å²) >= 11 is 11.8. The molecule has 96 valence electrons. The number of rotatable bonds is 4. The van der Waals surface area contributed by atoms with E-state index in [-0.39, 0.29) is 6.42 Å². The number of hydrogen-bond donors (Lipinski definition) is 1. The minimum Gasteiger partial charge on any atom is -0.385 e. The Morgan fingerprint density at radius 2 is 1.82 bits per heavy atom. The zero-order valence-electron chi connectivity index (χ0n) is 9.52. The second-order valence-corrected chi connectivity index (χ2v) is 7.47. The number of halogens is 2. The molecular formula is C11H14Cl2O3S. The van der Waals surface area contributed by atoms with Crippen molar-refractivity contribution in [3.05, 3.63) is 34.9 Å². The number of aliphatic hydroxyl groups excluding tert-OH is 1. The van der Waals surface area contributed by atoms with E-state index in [0.29, 0.717) is 10.6 Å². The minimum atomic E-state index is -3.59. The summed E-state index contributed by atoms with van der Waals surface area (Å²) in [5.41, 5.74) is 0.427. The third kappa shape index (κ3) is 2.94. The molecule has 2 atom stereocenters. The summed E-state index contributed by atoms with van der Waals surface area (Å²) in [7, 11) is -3.59. The second-order valence-electron chi connectivity index (χ2n) is 3.87. The van der Waals surface area contributed by atoms with Crippen LogP contribution < -0.4 is 0 Å². The van der Waals surface area contributed by atoms with Crippen LogP contribution in [0.5, 0.6) is 0 Å². The molecule has 1 aromatic rings. The van der Waals surface area contributed by atoms with Crippen LogP contribution in [0, 0.1) is 0 Å². The molecule has 17 heavy (non-hydrogen) atoms. The Kier molecular flexibility index (Phi) is 4.47. The Hall–Kier alpha value is -0.290. The van der Waals surface area contributed by atoms with Crippen LogP contribution in [-0.4, -0.2) is 24.0 Å². The summed E-state index contributed by atoms with van der Waals surface area (Å²) in [5, 5.41) is 10.6. The monoisotopic (exact) mass is 296 g/mol. The standard InChI is InChI=1S/C11H14Cl2O3S/c1-3-11(13,17(2,15)16)10(14)8-4-6-9(12)7-5-8/h4-7,10,14H,3H2,1-2H3/t10-,11-/m0/s1. The topological polar surface area (TPSA) is 54.4 Å². The first-order chi connectivity index (χ1) is 7.72. The Balaban J connectivity index is 3.19. The van der Waals surface area contributed by atoms with E-state index < -0.39 is 20.1 Å². The highest BCUT2D eigenvalue weighted by molar-refractivity contribution is 7.93. The minimum absolute atomic E-state index is 0.108. The van der Waals surface area contributed by atoms with Gasteiger partial charge in [0.25, 0.3) is 0 Å². The predicted octanol–water partition coefficient (Wildman–Crippen LogP) is 2.76. The second kappa shape index (κ2) is 5.14. The number of sulfone groups is 1. The van der Waals surface area contributed by atoms with Crippen molar-refractivity contribution < 1.29 is 13.5 Å². The zero-order valence-corrected chi connectivity index (χ0v) is 11.9. The maximum absolute atomic E-state index is 11.6.